The third kappa shape index (κ3) is 4.65. The Morgan fingerprint density at radius 2 is 1.77 bits per heavy atom. The van der Waals surface area contributed by atoms with Crippen molar-refractivity contribution < 1.29 is 21.9 Å². The molecular formula is C18H23ClNO2-. The zero-order valence-corrected chi connectivity index (χ0v) is 14.1. The first-order chi connectivity index (χ1) is 10.3. The van der Waals surface area contributed by atoms with Crippen molar-refractivity contribution in [3.05, 3.63) is 59.7 Å². The average molecular weight is 321 g/mol. The molecule has 0 amide bonds. The van der Waals surface area contributed by atoms with E-state index in [0.29, 0.717) is 6.61 Å². The van der Waals surface area contributed by atoms with Gasteiger partial charge < -0.3 is 27.2 Å². The predicted octanol–water partition coefficient (Wildman–Crippen LogP) is 0.949. The Morgan fingerprint density at radius 3 is 2.41 bits per heavy atom. The van der Waals surface area contributed by atoms with Gasteiger partial charge in [-0.05, 0) is 25.5 Å². The molecule has 3 nitrogen and oxygen atoms in total. The molecule has 0 aromatic heterocycles. The maximum absolute atomic E-state index is 5.73. The van der Waals surface area contributed by atoms with Gasteiger partial charge in [-0.2, -0.15) is 0 Å². The van der Waals surface area contributed by atoms with Crippen molar-refractivity contribution in [1.82, 2.24) is 5.32 Å². The fourth-order valence-electron chi connectivity index (χ4n) is 2.29. The Kier molecular flexibility index (Phi) is 7.78. The summed E-state index contributed by atoms with van der Waals surface area (Å²) < 4.78 is 11.1. The summed E-state index contributed by atoms with van der Waals surface area (Å²) in [6.07, 6.45) is 0. The van der Waals surface area contributed by atoms with Crippen LogP contribution in [0.15, 0.2) is 48.5 Å². The van der Waals surface area contributed by atoms with Gasteiger partial charge in [0.2, 0.25) is 0 Å². The van der Waals surface area contributed by atoms with Crippen LogP contribution in [-0.4, -0.2) is 13.7 Å². The molecule has 0 aliphatic rings. The van der Waals surface area contributed by atoms with Crippen LogP contribution in [0.3, 0.4) is 0 Å². The number of methoxy groups -OCH3 is 1. The quantitative estimate of drug-likeness (QED) is 0.824. The third-order valence-electron chi connectivity index (χ3n) is 3.47. The van der Waals surface area contributed by atoms with Gasteiger partial charge in [0.1, 0.15) is 0 Å². The summed E-state index contributed by atoms with van der Waals surface area (Å²) in [6.45, 7) is 5.51. The van der Waals surface area contributed by atoms with E-state index in [9.17, 15) is 0 Å². The first-order valence-electron chi connectivity index (χ1n) is 7.33. The lowest BCUT2D eigenvalue weighted by molar-refractivity contribution is -0.00000512. The smallest absolute Gasteiger partial charge is 0.165 e. The summed E-state index contributed by atoms with van der Waals surface area (Å²) in [4.78, 5) is 0. The van der Waals surface area contributed by atoms with Crippen LogP contribution in [0.4, 0.5) is 0 Å². The predicted molar refractivity (Wildman–Crippen MR) is 85.9 cm³/mol. The van der Waals surface area contributed by atoms with E-state index in [1.165, 1.54) is 5.56 Å². The van der Waals surface area contributed by atoms with E-state index in [-0.39, 0.29) is 18.4 Å². The number of benzene rings is 2. The van der Waals surface area contributed by atoms with Crippen molar-refractivity contribution >= 4 is 0 Å². The van der Waals surface area contributed by atoms with Crippen molar-refractivity contribution in [3.8, 4) is 11.5 Å². The van der Waals surface area contributed by atoms with Gasteiger partial charge in [0.05, 0.1) is 13.7 Å². The van der Waals surface area contributed by atoms with Crippen LogP contribution in [0.1, 0.15) is 31.0 Å². The van der Waals surface area contributed by atoms with E-state index in [4.69, 9.17) is 9.47 Å². The van der Waals surface area contributed by atoms with Crippen LogP contribution in [0.2, 0.25) is 0 Å². The van der Waals surface area contributed by atoms with Crippen LogP contribution in [0.25, 0.3) is 0 Å². The summed E-state index contributed by atoms with van der Waals surface area (Å²) in [5.41, 5.74) is 2.39. The van der Waals surface area contributed by atoms with E-state index in [1.54, 1.807) is 7.11 Å². The van der Waals surface area contributed by atoms with Crippen LogP contribution in [0, 0.1) is 0 Å². The van der Waals surface area contributed by atoms with Crippen molar-refractivity contribution in [3.63, 3.8) is 0 Å². The normalized spacial score (nSPS) is 11.4. The molecule has 1 atom stereocenters. The van der Waals surface area contributed by atoms with Gasteiger partial charge in [-0.15, -0.1) is 0 Å². The highest BCUT2D eigenvalue weighted by atomic mass is 35.5. The highest BCUT2D eigenvalue weighted by molar-refractivity contribution is 5.46. The largest absolute Gasteiger partial charge is 1.00 e. The topological polar surface area (TPSA) is 30.5 Å². The van der Waals surface area contributed by atoms with Gasteiger partial charge in [0.25, 0.3) is 0 Å². The van der Waals surface area contributed by atoms with Gasteiger partial charge in [-0.1, -0.05) is 42.5 Å². The van der Waals surface area contributed by atoms with E-state index < -0.39 is 0 Å². The lowest BCUT2D eigenvalue weighted by atomic mass is 10.1. The molecule has 0 saturated heterocycles. The molecule has 1 unspecified atom stereocenters. The second kappa shape index (κ2) is 9.34. The first-order valence-corrected chi connectivity index (χ1v) is 7.33. The zero-order chi connectivity index (χ0) is 15.1. The van der Waals surface area contributed by atoms with Crippen LogP contribution < -0.4 is 27.2 Å². The summed E-state index contributed by atoms with van der Waals surface area (Å²) in [5.74, 6) is 1.61. The summed E-state index contributed by atoms with van der Waals surface area (Å²) in [5, 5.41) is 3.53. The Balaban J connectivity index is 0.00000242. The summed E-state index contributed by atoms with van der Waals surface area (Å²) in [7, 11) is 1.67. The lowest BCUT2D eigenvalue weighted by Crippen LogP contribution is -3.00. The molecule has 0 spiro atoms. The number of rotatable bonds is 7. The van der Waals surface area contributed by atoms with Gasteiger partial charge >= 0.3 is 0 Å². The number of hydrogen-bond donors (Lipinski definition) is 1. The minimum Gasteiger partial charge on any atom is -1.00 e. The van der Waals surface area contributed by atoms with Crippen molar-refractivity contribution in [2.45, 2.75) is 26.4 Å². The molecule has 0 heterocycles. The van der Waals surface area contributed by atoms with E-state index in [2.05, 4.69) is 42.6 Å². The lowest BCUT2D eigenvalue weighted by Gasteiger charge is -2.17. The Labute approximate surface area is 139 Å². The van der Waals surface area contributed by atoms with Crippen molar-refractivity contribution in [1.29, 1.82) is 0 Å². The fourth-order valence-corrected chi connectivity index (χ4v) is 2.29. The Bertz CT molecular complexity index is 560. The van der Waals surface area contributed by atoms with Crippen LogP contribution >= 0.6 is 0 Å². The zero-order valence-electron chi connectivity index (χ0n) is 13.3. The molecule has 2 rings (SSSR count). The van der Waals surface area contributed by atoms with E-state index in [1.807, 2.05) is 25.1 Å². The first kappa shape index (κ1) is 18.3. The second-order valence-corrected chi connectivity index (χ2v) is 4.89. The van der Waals surface area contributed by atoms with E-state index in [0.717, 1.165) is 23.6 Å². The fraction of sp³-hybridized carbons (Fsp3) is 0.333. The van der Waals surface area contributed by atoms with Crippen LogP contribution in [0.5, 0.6) is 11.5 Å². The maximum atomic E-state index is 5.73. The Morgan fingerprint density at radius 1 is 1.05 bits per heavy atom. The van der Waals surface area contributed by atoms with Gasteiger partial charge in [-0.3, -0.25) is 0 Å². The molecule has 0 radical (unpaired) electrons. The monoisotopic (exact) mass is 320 g/mol. The molecule has 1 N–H and O–H groups in total. The number of nitrogens with one attached hydrogen (secondary N) is 1. The molecule has 22 heavy (non-hydrogen) atoms. The molecule has 0 saturated carbocycles. The minimum absolute atomic E-state index is 0. The molecule has 4 heteroatoms. The highest BCUT2D eigenvalue weighted by Gasteiger charge is 2.11. The van der Waals surface area contributed by atoms with Crippen molar-refractivity contribution in [2.75, 3.05) is 13.7 Å². The summed E-state index contributed by atoms with van der Waals surface area (Å²) in [6, 6.07) is 16.7. The summed E-state index contributed by atoms with van der Waals surface area (Å²) >= 11 is 0. The maximum Gasteiger partial charge on any atom is 0.165 e. The van der Waals surface area contributed by atoms with Crippen LogP contribution in [-0.2, 0) is 6.54 Å². The van der Waals surface area contributed by atoms with Gasteiger partial charge in [0, 0.05) is 18.2 Å². The van der Waals surface area contributed by atoms with Crippen molar-refractivity contribution in [2.24, 2.45) is 0 Å². The molecule has 0 aliphatic carbocycles. The second-order valence-electron chi connectivity index (χ2n) is 4.89. The van der Waals surface area contributed by atoms with Gasteiger partial charge in [-0.25, -0.2) is 0 Å². The highest BCUT2D eigenvalue weighted by Crippen LogP contribution is 2.31. The Hall–Kier alpha value is -1.71. The molecule has 2 aromatic rings. The standard InChI is InChI=1S/C18H23NO2.ClH/c1-4-21-18-16(11-8-12-17(18)20-3)13-19-14(2)15-9-6-5-7-10-15;/h5-12,14,19H,4,13H2,1-3H3;1H/p-1. The molecule has 0 aliphatic heterocycles. The van der Waals surface area contributed by atoms with Gasteiger partial charge in [0.15, 0.2) is 11.5 Å². The number of hydrogen-bond acceptors (Lipinski definition) is 3. The molecule has 2 aromatic carbocycles. The molecule has 0 bridgehead atoms. The third-order valence-corrected chi connectivity index (χ3v) is 3.47. The average Bonchev–Trinajstić information content (AvgIpc) is 2.54. The number of para-hydroxylation sites is 1. The SMILES string of the molecule is CCOc1c(CNC(C)c2ccccc2)cccc1OC.[Cl-]. The molecule has 0 fully saturated rings. The number of ether oxygens (including phenoxy) is 2. The molecular weight excluding hydrogens is 298 g/mol. The molecule has 120 valence electrons. The minimum atomic E-state index is 0. The number of halogens is 1. The van der Waals surface area contributed by atoms with E-state index >= 15 is 0 Å².